The lowest BCUT2D eigenvalue weighted by atomic mass is 10.7. The molecule has 0 saturated heterocycles. The Morgan fingerprint density at radius 2 is 2.50 bits per heavy atom. The molecule has 0 atom stereocenters. The smallest absolute Gasteiger partial charge is 0.146 e. The maximum absolute atomic E-state index is 4.83. The number of hydrogen-bond donors (Lipinski definition) is 0. The van der Waals surface area contributed by atoms with E-state index in [4.69, 9.17) is 4.43 Å². The van der Waals surface area contributed by atoms with Crippen LogP contribution in [0.25, 0.3) is 0 Å². The number of halogens is 1. The van der Waals surface area contributed by atoms with Crippen molar-refractivity contribution >= 4 is 33.1 Å². The van der Waals surface area contributed by atoms with Crippen LogP contribution in [0.15, 0.2) is 10.2 Å². The Bertz CT molecular complexity index is 46.1. The fourth-order valence-corrected chi connectivity index (χ4v) is 0.533. The average Bonchev–Trinajstić information content (AvgIpc) is 1.61. The van der Waals surface area contributed by atoms with E-state index in [0.717, 1.165) is 17.1 Å². The molecular formula is C3H7IOSi. The predicted molar refractivity (Wildman–Crippen MR) is 39.1 cm³/mol. The highest BCUT2D eigenvalue weighted by atomic mass is 127. The maximum atomic E-state index is 4.83. The van der Waals surface area contributed by atoms with Crippen molar-refractivity contribution in [3.05, 3.63) is 10.2 Å². The lowest BCUT2D eigenvalue weighted by Crippen LogP contribution is -1.79. The average molecular weight is 214 g/mol. The van der Waals surface area contributed by atoms with Gasteiger partial charge in [0.15, 0.2) is 0 Å². The summed E-state index contributed by atoms with van der Waals surface area (Å²) in [6.45, 7) is 0.787. The summed E-state index contributed by atoms with van der Waals surface area (Å²) in [5.41, 5.74) is 0. The third kappa shape index (κ3) is 4.65. The fraction of sp³-hybridized carbons (Fsp3) is 0.333. The molecule has 36 valence electrons. The zero-order valence-corrected chi connectivity index (χ0v) is 7.81. The monoisotopic (exact) mass is 214 g/mol. The van der Waals surface area contributed by atoms with Crippen molar-refractivity contribution in [2.45, 2.75) is 0 Å². The third-order valence-corrected chi connectivity index (χ3v) is 1.19. The van der Waals surface area contributed by atoms with Crippen LogP contribution in [0.1, 0.15) is 0 Å². The molecule has 0 aromatic rings. The van der Waals surface area contributed by atoms with Gasteiger partial charge in [0.1, 0.15) is 10.5 Å². The van der Waals surface area contributed by atoms with Gasteiger partial charge in [-0.2, -0.15) is 0 Å². The second-order valence-corrected chi connectivity index (χ2v) is 2.11. The van der Waals surface area contributed by atoms with Crippen molar-refractivity contribution in [1.82, 2.24) is 0 Å². The first-order valence-corrected chi connectivity index (χ1v) is 3.72. The van der Waals surface area contributed by atoms with Gasteiger partial charge in [-0.05, 0) is 4.08 Å². The molecule has 0 rings (SSSR count). The van der Waals surface area contributed by atoms with Crippen LogP contribution >= 0.6 is 22.6 Å². The Labute approximate surface area is 54.4 Å². The summed E-state index contributed by atoms with van der Waals surface area (Å²) in [4.78, 5) is 0. The van der Waals surface area contributed by atoms with Crippen LogP contribution in [0, 0.1) is 0 Å². The summed E-state index contributed by atoms with van der Waals surface area (Å²) in [7, 11) is 0.849. The van der Waals surface area contributed by atoms with Crippen LogP contribution in [-0.4, -0.2) is 17.1 Å². The van der Waals surface area contributed by atoms with Gasteiger partial charge in [-0.25, -0.2) is 0 Å². The van der Waals surface area contributed by atoms with E-state index in [9.17, 15) is 0 Å². The normalized spacial score (nSPS) is 10.8. The quantitative estimate of drug-likeness (QED) is 0.472. The van der Waals surface area contributed by atoms with Crippen molar-refractivity contribution in [1.29, 1.82) is 0 Å². The van der Waals surface area contributed by atoms with E-state index in [1.807, 2.05) is 10.2 Å². The van der Waals surface area contributed by atoms with Crippen LogP contribution in [0.4, 0.5) is 0 Å². The molecule has 0 fully saturated rings. The van der Waals surface area contributed by atoms with Gasteiger partial charge in [0.2, 0.25) is 0 Å². The summed E-state index contributed by atoms with van der Waals surface area (Å²) < 4.78 is 6.78. The van der Waals surface area contributed by atoms with Gasteiger partial charge in [0.05, 0.1) is 6.61 Å². The Hall–Kier alpha value is 0.647. The van der Waals surface area contributed by atoms with Crippen LogP contribution in [0.3, 0.4) is 0 Å². The van der Waals surface area contributed by atoms with Gasteiger partial charge < -0.3 is 4.43 Å². The molecule has 3 heteroatoms. The molecule has 0 saturated carbocycles. The van der Waals surface area contributed by atoms with Crippen molar-refractivity contribution in [3.63, 3.8) is 0 Å². The molecule has 6 heavy (non-hydrogen) atoms. The Balaban J connectivity index is 2.66. The van der Waals surface area contributed by atoms with Gasteiger partial charge >= 0.3 is 0 Å². The lowest BCUT2D eigenvalue weighted by molar-refractivity contribution is 0.402. The molecule has 0 bridgehead atoms. The second kappa shape index (κ2) is 5.65. The van der Waals surface area contributed by atoms with Crippen molar-refractivity contribution in [2.24, 2.45) is 0 Å². The fourth-order valence-electron chi connectivity index (χ4n) is 0.133. The summed E-state index contributed by atoms with van der Waals surface area (Å²) in [6.07, 6.45) is 1.98. The molecule has 0 N–H and O–H groups in total. The van der Waals surface area contributed by atoms with E-state index in [0.29, 0.717) is 0 Å². The van der Waals surface area contributed by atoms with Gasteiger partial charge in [-0.3, -0.25) is 0 Å². The molecule has 0 radical (unpaired) electrons. The number of hydrogen-bond acceptors (Lipinski definition) is 1. The highest BCUT2D eigenvalue weighted by molar-refractivity contribution is 14.1. The van der Waals surface area contributed by atoms with Gasteiger partial charge in [0.25, 0.3) is 0 Å². The first kappa shape index (κ1) is 6.65. The molecule has 0 spiro atoms. The zero-order chi connectivity index (χ0) is 4.83. The first-order valence-electron chi connectivity index (χ1n) is 1.66. The highest BCUT2D eigenvalue weighted by Gasteiger charge is 1.62. The maximum Gasteiger partial charge on any atom is 0.146 e. The Morgan fingerprint density at radius 1 is 1.83 bits per heavy atom. The molecule has 0 aromatic heterocycles. The topological polar surface area (TPSA) is 9.23 Å². The lowest BCUT2D eigenvalue weighted by Gasteiger charge is -1.82. The third-order valence-electron chi connectivity index (χ3n) is 0.352. The molecular weight excluding hydrogens is 207 g/mol. The first-order chi connectivity index (χ1) is 2.91. The minimum atomic E-state index is 0.787. The summed E-state index contributed by atoms with van der Waals surface area (Å²) in [6, 6.07) is 0. The zero-order valence-electron chi connectivity index (χ0n) is 3.65. The van der Waals surface area contributed by atoms with Crippen LogP contribution in [-0.2, 0) is 4.43 Å². The molecule has 0 heterocycles. The molecule has 0 unspecified atom stereocenters. The molecule has 0 aliphatic heterocycles. The molecule has 0 aromatic carbocycles. The Morgan fingerprint density at radius 3 is 2.67 bits per heavy atom. The van der Waals surface area contributed by atoms with Crippen molar-refractivity contribution in [3.8, 4) is 0 Å². The van der Waals surface area contributed by atoms with E-state index in [1.54, 1.807) is 0 Å². The van der Waals surface area contributed by atoms with Crippen LogP contribution in [0.5, 0.6) is 0 Å². The second-order valence-electron chi connectivity index (χ2n) is 0.817. The Kier molecular flexibility index (Phi) is 6.26. The standard InChI is InChI=1S/C3H7IOSi/c4-2-1-3-5-6/h1-2H,3H2,6H3. The van der Waals surface area contributed by atoms with Gasteiger partial charge in [-0.1, -0.05) is 28.7 Å². The number of rotatable bonds is 2. The minimum Gasteiger partial charge on any atom is -0.424 e. The van der Waals surface area contributed by atoms with Crippen LogP contribution < -0.4 is 0 Å². The summed E-state index contributed by atoms with van der Waals surface area (Å²) >= 11 is 2.17. The largest absolute Gasteiger partial charge is 0.424 e. The minimum absolute atomic E-state index is 0.787. The molecule has 0 amide bonds. The summed E-state index contributed by atoms with van der Waals surface area (Å²) in [5, 5.41) is 0. The van der Waals surface area contributed by atoms with E-state index in [-0.39, 0.29) is 0 Å². The molecule has 0 aliphatic carbocycles. The SMILES string of the molecule is [SiH3]OCC=CI. The predicted octanol–water partition coefficient (Wildman–Crippen LogP) is 0.232. The van der Waals surface area contributed by atoms with Crippen molar-refractivity contribution < 1.29 is 4.43 Å². The van der Waals surface area contributed by atoms with E-state index in [2.05, 4.69) is 22.6 Å². The van der Waals surface area contributed by atoms with Crippen LogP contribution in [0.2, 0.25) is 0 Å². The van der Waals surface area contributed by atoms with Gasteiger partial charge in [-0.15, -0.1) is 0 Å². The van der Waals surface area contributed by atoms with E-state index in [1.165, 1.54) is 0 Å². The summed E-state index contributed by atoms with van der Waals surface area (Å²) in [5.74, 6) is 0. The van der Waals surface area contributed by atoms with Gasteiger partial charge in [0, 0.05) is 0 Å². The molecule has 1 nitrogen and oxygen atoms in total. The van der Waals surface area contributed by atoms with E-state index >= 15 is 0 Å². The highest BCUT2D eigenvalue weighted by Crippen LogP contribution is 1.81. The van der Waals surface area contributed by atoms with Crippen molar-refractivity contribution in [2.75, 3.05) is 6.61 Å². The van der Waals surface area contributed by atoms with E-state index < -0.39 is 0 Å². The molecule has 0 aliphatic rings.